The number of hydrogen-bond donors (Lipinski definition) is 1. The molecule has 4 fully saturated rings. The summed E-state index contributed by atoms with van der Waals surface area (Å²) in [6.07, 6.45) is 12.0. The van der Waals surface area contributed by atoms with E-state index in [1.54, 1.807) is 16.2 Å². The van der Waals surface area contributed by atoms with Crippen LogP contribution in [0, 0.1) is 29.1 Å². The molecule has 0 bridgehead atoms. The molecule has 9 atom stereocenters. The van der Waals surface area contributed by atoms with E-state index >= 15 is 0 Å². The van der Waals surface area contributed by atoms with Crippen LogP contribution in [0.15, 0.2) is 22.8 Å². The van der Waals surface area contributed by atoms with E-state index in [0.717, 1.165) is 51.0 Å². The van der Waals surface area contributed by atoms with Crippen LogP contribution in [-0.2, 0) is 9.53 Å². The standard InChI is InChI=1S/C27H38INO3/c1-15-10-23-24(29(31)14-15)25(28)27(32-23)9-7-19-20-5-4-17-11-18(30)6-8-26(17,3)22(20)12-21(19)16(2)13-27/h11,15,19-20,22-25,31H,4-10,12-14H2,1-3H3/t15-,19-,20-,22-,23+,24+,25+,26-,27-/m0/s1. The third kappa shape index (κ3) is 3.12. The van der Waals surface area contributed by atoms with Crippen LogP contribution < -0.4 is 0 Å². The largest absolute Gasteiger partial charge is 0.368 e. The van der Waals surface area contributed by atoms with E-state index in [-0.39, 0.29) is 23.2 Å². The zero-order chi connectivity index (χ0) is 22.4. The summed E-state index contributed by atoms with van der Waals surface area (Å²) in [6, 6.07) is 0.136. The van der Waals surface area contributed by atoms with Crippen LogP contribution in [0.5, 0.6) is 0 Å². The summed E-state index contributed by atoms with van der Waals surface area (Å²) in [5.41, 5.74) is 4.85. The Bertz CT molecular complexity index is 897. The number of alkyl halides is 1. The minimum absolute atomic E-state index is 0.126. The normalized spacial score (nSPS) is 51.1. The third-order valence-electron chi connectivity index (χ3n) is 10.5. The van der Waals surface area contributed by atoms with Gasteiger partial charge in [0.2, 0.25) is 0 Å². The van der Waals surface area contributed by atoms with Crippen molar-refractivity contribution in [3.63, 3.8) is 0 Å². The maximum absolute atomic E-state index is 12.1. The van der Waals surface area contributed by atoms with Gasteiger partial charge in [0.05, 0.1) is 21.7 Å². The summed E-state index contributed by atoms with van der Waals surface area (Å²) < 4.78 is 7.26. The Kier molecular flexibility index (Phi) is 5.30. The second-order valence-corrected chi connectivity index (χ2v) is 13.6. The van der Waals surface area contributed by atoms with E-state index in [4.69, 9.17) is 4.74 Å². The summed E-state index contributed by atoms with van der Waals surface area (Å²) in [6.45, 7) is 7.84. The fraction of sp³-hybridized carbons (Fsp3) is 0.815. The highest BCUT2D eigenvalue weighted by atomic mass is 127. The van der Waals surface area contributed by atoms with Gasteiger partial charge in [0.15, 0.2) is 5.78 Å². The molecule has 0 radical (unpaired) electrons. The van der Waals surface area contributed by atoms with Gasteiger partial charge in [0.25, 0.3) is 0 Å². The van der Waals surface area contributed by atoms with Crippen LogP contribution in [0.2, 0.25) is 0 Å². The molecular weight excluding hydrogens is 513 g/mol. The molecule has 0 unspecified atom stereocenters. The van der Waals surface area contributed by atoms with E-state index in [2.05, 4.69) is 43.4 Å². The van der Waals surface area contributed by atoms with E-state index in [9.17, 15) is 10.0 Å². The number of halogens is 1. The zero-order valence-corrected chi connectivity index (χ0v) is 21.9. The van der Waals surface area contributed by atoms with E-state index < -0.39 is 0 Å². The van der Waals surface area contributed by atoms with Crippen molar-refractivity contribution >= 4 is 28.4 Å². The van der Waals surface area contributed by atoms with Gasteiger partial charge in [0.1, 0.15) is 0 Å². The number of allylic oxidation sites excluding steroid dienone is 3. The van der Waals surface area contributed by atoms with Gasteiger partial charge in [-0.3, -0.25) is 4.79 Å². The monoisotopic (exact) mass is 551 g/mol. The number of hydroxylamine groups is 2. The van der Waals surface area contributed by atoms with Crippen molar-refractivity contribution in [3.8, 4) is 0 Å². The molecule has 2 saturated carbocycles. The second-order valence-electron chi connectivity index (χ2n) is 12.3. The molecule has 6 rings (SSSR count). The molecular formula is C27H38INO3. The highest BCUT2D eigenvalue weighted by molar-refractivity contribution is 14.1. The highest BCUT2D eigenvalue weighted by Gasteiger charge is 2.60. The van der Waals surface area contributed by atoms with Crippen molar-refractivity contribution in [1.29, 1.82) is 0 Å². The first-order valence-corrected chi connectivity index (χ1v) is 14.2. The number of carbonyl (C=O) groups is 1. The van der Waals surface area contributed by atoms with Gasteiger partial charge in [-0.1, -0.05) is 53.2 Å². The zero-order valence-electron chi connectivity index (χ0n) is 19.8. The minimum atomic E-state index is -0.126. The lowest BCUT2D eigenvalue weighted by Gasteiger charge is -2.48. The van der Waals surface area contributed by atoms with Crippen molar-refractivity contribution in [2.24, 2.45) is 29.1 Å². The van der Waals surface area contributed by atoms with Crippen LogP contribution in [0.25, 0.3) is 0 Å². The molecule has 2 heterocycles. The van der Waals surface area contributed by atoms with Gasteiger partial charge in [-0.05, 0) is 93.5 Å². The number of rotatable bonds is 0. The van der Waals surface area contributed by atoms with Gasteiger partial charge < -0.3 is 9.94 Å². The Morgan fingerprint density at radius 1 is 1.25 bits per heavy atom. The van der Waals surface area contributed by atoms with E-state index in [1.807, 2.05) is 6.08 Å². The molecule has 1 N–H and O–H groups in total. The lowest BCUT2D eigenvalue weighted by molar-refractivity contribution is -0.174. The summed E-state index contributed by atoms with van der Waals surface area (Å²) in [4.78, 5) is 12.1. The van der Waals surface area contributed by atoms with Crippen LogP contribution in [-0.4, -0.2) is 44.3 Å². The minimum Gasteiger partial charge on any atom is -0.368 e. The fourth-order valence-electron chi connectivity index (χ4n) is 8.90. The average Bonchev–Trinajstić information content (AvgIpc) is 3.19. The van der Waals surface area contributed by atoms with Crippen molar-refractivity contribution in [2.75, 3.05) is 6.54 Å². The first-order chi connectivity index (χ1) is 15.2. The number of fused-ring (bicyclic) bond motifs is 6. The Morgan fingerprint density at radius 3 is 2.88 bits per heavy atom. The summed E-state index contributed by atoms with van der Waals surface area (Å²) in [5.74, 6) is 2.99. The molecule has 6 aliphatic rings. The van der Waals surface area contributed by atoms with Crippen molar-refractivity contribution in [1.82, 2.24) is 5.06 Å². The summed E-state index contributed by atoms with van der Waals surface area (Å²) in [5, 5.41) is 12.4. The van der Waals surface area contributed by atoms with Crippen molar-refractivity contribution in [3.05, 3.63) is 22.8 Å². The first-order valence-electron chi connectivity index (χ1n) is 12.9. The quantitative estimate of drug-likeness (QED) is 0.233. The van der Waals surface area contributed by atoms with E-state index in [0.29, 0.717) is 27.5 Å². The second kappa shape index (κ2) is 7.63. The Balaban J connectivity index is 1.30. The molecule has 4 aliphatic carbocycles. The SMILES string of the molecule is CC1=C2C[C@H]3[C@@H](CCC4=CC(=O)CC[C@@]43C)[C@@H]2CC[C@@]2(C1)O[C@@H]1C[C@H](C)CN(O)[C@H]1[C@H]2I. The predicted molar refractivity (Wildman–Crippen MR) is 133 cm³/mol. The Labute approximate surface area is 206 Å². The van der Waals surface area contributed by atoms with Gasteiger partial charge in [-0.15, -0.1) is 0 Å². The number of carbonyl (C=O) groups excluding carboxylic acids is 1. The number of piperidine rings is 1. The van der Waals surface area contributed by atoms with Crippen LogP contribution in [0.1, 0.15) is 78.6 Å². The number of hydrogen-bond acceptors (Lipinski definition) is 4. The van der Waals surface area contributed by atoms with E-state index in [1.165, 1.54) is 24.8 Å². The molecule has 2 aliphatic heterocycles. The molecule has 176 valence electrons. The van der Waals surface area contributed by atoms with Gasteiger partial charge in [-0.2, -0.15) is 5.06 Å². The van der Waals surface area contributed by atoms with Crippen LogP contribution >= 0.6 is 22.6 Å². The number of ketones is 1. The molecule has 0 amide bonds. The number of nitrogens with zero attached hydrogens (tertiary/aromatic N) is 1. The maximum Gasteiger partial charge on any atom is 0.155 e. The number of ether oxygens (including phenoxy) is 1. The molecule has 5 heteroatoms. The van der Waals surface area contributed by atoms with Crippen LogP contribution in [0.3, 0.4) is 0 Å². The topological polar surface area (TPSA) is 49.8 Å². The van der Waals surface area contributed by atoms with Crippen molar-refractivity contribution < 1.29 is 14.7 Å². The smallest absolute Gasteiger partial charge is 0.155 e. The summed E-state index contributed by atoms with van der Waals surface area (Å²) >= 11 is 2.61. The molecule has 1 spiro atoms. The van der Waals surface area contributed by atoms with Crippen LogP contribution in [0.4, 0.5) is 0 Å². The average molecular weight is 552 g/mol. The maximum atomic E-state index is 12.1. The Morgan fingerprint density at radius 2 is 2.06 bits per heavy atom. The lowest BCUT2D eigenvalue weighted by atomic mass is 9.56. The van der Waals surface area contributed by atoms with Crippen molar-refractivity contribution in [2.45, 2.75) is 100 Å². The fourth-order valence-corrected chi connectivity index (χ4v) is 10.4. The molecule has 2 saturated heterocycles. The molecule has 0 aromatic carbocycles. The van der Waals surface area contributed by atoms with Gasteiger partial charge in [0, 0.05) is 13.0 Å². The first kappa shape index (κ1) is 22.2. The highest BCUT2D eigenvalue weighted by Crippen LogP contribution is 2.64. The third-order valence-corrected chi connectivity index (χ3v) is 12.4. The molecule has 0 aromatic rings. The van der Waals surface area contributed by atoms with Gasteiger partial charge in [-0.25, -0.2) is 0 Å². The lowest BCUT2D eigenvalue weighted by Crippen LogP contribution is -2.51. The molecule has 0 aromatic heterocycles. The molecule has 32 heavy (non-hydrogen) atoms. The summed E-state index contributed by atoms with van der Waals surface area (Å²) in [7, 11) is 0. The predicted octanol–water partition coefficient (Wildman–Crippen LogP) is 5.87. The molecule has 4 nitrogen and oxygen atoms in total. The van der Waals surface area contributed by atoms with Gasteiger partial charge >= 0.3 is 0 Å². The Hall–Kier alpha value is -0.240.